The third-order valence-corrected chi connectivity index (χ3v) is 7.26. The number of ether oxygens (including phenoxy) is 4. The van der Waals surface area contributed by atoms with E-state index >= 15 is 0 Å². The predicted octanol–water partition coefficient (Wildman–Crippen LogP) is 4.01. The molecule has 1 unspecified atom stereocenters. The fourth-order valence-electron chi connectivity index (χ4n) is 5.13. The number of hydrazine groups is 1. The van der Waals surface area contributed by atoms with Gasteiger partial charge in [0, 0.05) is 0 Å². The van der Waals surface area contributed by atoms with Crippen LogP contribution in [0.15, 0.2) is 120 Å². The van der Waals surface area contributed by atoms with Crippen LogP contribution in [0.3, 0.4) is 0 Å². The van der Waals surface area contributed by atoms with Gasteiger partial charge in [0.25, 0.3) is 0 Å². The monoisotopic (exact) mass is 570 g/mol. The first-order chi connectivity index (χ1) is 20.5. The highest BCUT2D eigenvalue weighted by Crippen LogP contribution is 2.41. The van der Waals surface area contributed by atoms with E-state index in [0.717, 1.165) is 16.7 Å². The molecule has 0 saturated carbocycles. The van der Waals surface area contributed by atoms with Gasteiger partial charge in [-0.2, -0.15) is 0 Å². The lowest BCUT2D eigenvalue weighted by Crippen LogP contribution is -2.56. The molecule has 220 valence electrons. The molecule has 3 aromatic rings. The fourth-order valence-corrected chi connectivity index (χ4v) is 5.13. The van der Waals surface area contributed by atoms with Crippen LogP contribution in [-0.2, 0) is 38.8 Å². The molecule has 0 aliphatic carbocycles. The van der Waals surface area contributed by atoms with Crippen LogP contribution < -0.4 is 11.2 Å². The topological polar surface area (TPSA) is 111 Å². The minimum absolute atomic E-state index is 0.164. The van der Waals surface area contributed by atoms with Crippen molar-refractivity contribution < 1.29 is 24.1 Å². The van der Waals surface area contributed by atoms with E-state index in [0.29, 0.717) is 24.6 Å². The van der Waals surface area contributed by atoms with E-state index in [4.69, 9.17) is 24.7 Å². The van der Waals surface area contributed by atoms with Crippen LogP contribution in [0.2, 0.25) is 0 Å². The van der Waals surface area contributed by atoms with Gasteiger partial charge < -0.3 is 29.8 Å². The van der Waals surface area contributed by atoms with Crippen molar-refractivity contribution >= 4 is 5.84 Å². The molecule has 0 aromatic heterocycles. The number of allylic oxidation sites excluding steroid dienone is 1. The predicted molar refractivity (Wildman–Crippen MR) is 160 cm³/mol. The molecule has 2 aliphatic heterocycles. The summed E-state index contributed by atoms with van der Waals surface area (Å²) in [6.45, 7) is 7.16. The summed E-state index contributed by atoms with van der Waals surface area (Å²) in [6, 6.07) is 29.5. The van der Waals surface area contributed by atoms with Gasteiger partial charge in [0.1, 0.15) is 30.8 Å². The van der Waals surface area contributed by atoms with Gasteiger partial charge in [0.2, 0.25) is 5.79 Å². The molecule has 3 aromatic carbocycles. The van der Waals surface area contributed by atoms with Crippen molar-refractivity contribution in [3.05, 3.63) is 132 Å². The Balaban J connectivity index is 1.46. The van der Waals surface area contributed by atoms with E-state index < -0.39 is 24.1 Å². The number of rotatable bonds is 12. The second-order valence-electron chi connectivity index (χ2n) is 10.1. The maximum atomic E-state index is 12.4. The van der Waals surface area contributed by atoms with E-state index in [1.54, 1.807) is 18.0 Å². The zero-order valence-corrected chi connectivity index (χ0v) is 23.8. The summed E-state index contributed by atoms with van der Waals surface area (Å²) in [7, 11) is 0. The lowest BCUT2D eigenvalue weighted by Gasteiger charge is -2.40. The van der Waals surface area contributed by atoms with Crippen LogP contribution in [0.5, 0.6) is 0 Å². The number of hydrogen-bond donors (Lipinski definition) is 3. The van der Waals surface area contributed by atoms with Crippen molar-refractivity contribution in [3.63, 3.8) is 0 Å². The summed E-state index contributed by atoms with van der Waals surface area (Å²) in [4.78, 5) is 4.20. The molecule has 5 rings (SSSR count). The molecule has 0 bridgehead atoms. The summed E-state index contributed by atoms with van der Waals surface area (Å²) in [5.41, 5.74) is 12.9. The van der Waals surface area contributed by atoms with Gasteiger partial charge in [-0.1, -0.05) is 104 Å². The largest absolute Gasteiger partial charge is 0.382 e. The molecule has 0 spiro atoms. The van der Waals surface area contributed by atoms with E-state index in [2.05, 4.69) is 17.0 Å². The first kappa shape index (κ1) is 29.7. The normalized spacial score (nSPS) is 24.6. The smallest absolute Gasteiger partial charge is 0.239 e. The molecule has 0 amide bonds. The molecule has 42 heavy (non-hydrogen) atoms. The van der Waals surface area contributed by atoms with E-state index in [-0.39, 0.29) is 25.7 Å². The molecule has 2 aliphatic rings. The van der Waals surface area contributed by atoms with Gasteiger partial charge in [-0.05, 0) is 23.6 Å². The van der Waals surface area contributed by atoms with Crippen molar-refractivity contribution in [2.24, 2.45) is 10.7 Å². The molecule has 9 nitrogen and oxygen atoms in total. The molecular formula is C33H38N4O5. The van der Waals surface area contributed by atoms with E-state index in [1.807, 2.05) is 91.0 Å². The Morgan fingerprint density at radius 1 is 0.976 bits per heavy atom. The van der Waals surface area contributed by atoms with Gasteiger partial charge in [-0.25, -0.2) is 10.4 Å². The standard InChI is InChI=1S/C33H38N4O5/c1-3-29(37-24(2)32(34)35-23-36-37)33(38)31(41-21-27-17-11-6-12-18-27)30(40-20-26-15-9-5-10-16-26)28(42-33)22-39-19-25-13-7-4-8-14-25/h3-18,28,30-31,36,38H,2,19-23H2,1H3,(H2,34,35)/b29-3-/t28-,30-,31-,33?/m1/s1. The molecule has 1 fully saturated rings. The Morgan fingerprint density at radius 3 is 2.10 bits per heavy atom. The van der Waals surface area contributed by atoms with Crippen LogP contribution in [0, 0.1) is 0 Å². The van der Waals surface area contributed by atoms with E-state index in [9.17, 15) is 5.11 Å². The van der Waals surface area contributed by atoms with Crippen LogP contribution in [0.25, 0.3) is 0 Å². The van der Waals surface area contributed by atoms with Crippen molar-refractivity contribution in [2.45, 2.75) is 50.8 Å². The highest BCUT2D eigenvalue weighted by molar-refractivity contribution is 5.96. The van der Waals surface area contributed by atoms with Crippen LogP contribution in [0.4, 0.5) is 0 Å². The minimum Gasteiger partial charge on any atom is -0.382 e. The third-order valence-electron chi connectivity index (χ3n) is 7.26. The Hall–Kier alpha value is -3.83. The van der Waals surface area contributed by atoms with Crippen molar-refractivity contribution in [2.75, 3.05) is 13.3 Å². The molecule has 4 N–H and O–H groups in total. The zero-order chi connectivity index (χ0) is 29.4. The number of aliphatic imine (C=N–C) groups is 1. The second kappa shape index (κ2) is 13.9. The van der Waals surface area contributed by atoms with Gasteiger partial charge >= 0.3 is 0 Å². The lowest BCUT2D eigenvalue weighted by atomic mass is 10.00. The Kier molecular flexibility index (Phi) is 9.81. The second-order valence-corrected chi connectivity index (χ2v) is 10.1. The zero-order valence-electron chi connectivity index (χ0n) is 23.8. The van der Waals surface area contributed by atoms with Gasteiger partial charge in [-0.15, -0.1) is 0 Å². The summed E-state index contributed by atoms with van der Waals surface area (Å²) in [5.74, 6) is -1.68. The average molecular weight is 571 g/mol. The SMILES string of the molecule is C=C1C(N)=NCNN1/C(=C\C)C1(O)O[C@H](COCc2ccccc2)[C@@H](OCc2ccccc2)[C@H]1OCc1ccccc1. The number of amidine groups is 1. The molecule has 4 atom stereocenters. The maximum absolute atomic E-state index is 12.4. The summed E-state index contributed by atoms with van der Waals surface area (Å²) < 4.78 is 25.6. The van der Waals surface area contributed by atoms with Gasteiger partial charge in [0.15, 0.2) is 0 Å². The molecular weight excluding hydrogens is 532 g/mol. The number of nitrogens with zero attached hydrogens (tertiary/aromatic N) is 2. The Labute approximate surface area is 246 Å². The van der Waals surface area contributed by atoms with Crippen LogP contribution >= 0.6 is 0 Å². The van der Waals surface area contributed by atoms with Crippen molar-refractivity contribution in [1.29, 1.82) is 0 Å². The maximum Gasteiger partial charge on any atom is 0.239 e. The molecule has 0 radical (unpaired) electrons. The first-order valence-electron chi connectivity index (χ1n) is 14.0. The quantitative estimate of drug-likeness (QED) is 0.300. The van der Waals surface area contributed by atoms with Crippen LogP contribution in [0.1, 0.15) is 23.6 Å². The number of benzene rings is 3. The average Bonchev–Trinajstić information content (AvgIpc) is 3.29. The lowest BCUT2D eigenvalue weighted by molar-refractivity contribution is -0.229. The number of nitrogens with two attached hydrogens (primary N) is 1. The summed E-state index contributed by atoms with van der Waals surface area (Å²) in [6.07, 6.45) is -0.541. The van der Waals surface area contributed by atoms with Crippen molar-refractivity contribution in [3.8, 4) is 0 Å². The minimum atomic E-state index is -1.95. The third kappa shape index (κ3) is 6.79. The van der Waals surface area contributed by atoms with Gasteiger partial charge in [-0.3, -0.25) is 5.01 Å². The molecule has 1 saturated heterocycles. The van der Waals surface area contributed by atoms with Gasteiger partial charge in [0.05, 0.1) is 37.8 Å². The highest BCUT2D eigenvalue weighted by atomic mass is 16.7. The number of hydrogen-bond acceptors (Lipinski definition) is 9. The highest BCUT2D eigenvalue weighted by Gasteiger charge is 2.59. The summed E-state index contributed by atoms with van der Waals surface area (Å²) >= 11 is 0. The summed E-state index contributed by atoms with van der Waals surface area (Å²) in [5, 5.41) is 14.0. The first-order valence-corrected chi connectivity index (χ1v) is 14.0. The van der Waals surface area contributed by atoms with E-state index in [1.165, 1.54) is 0 Å². The molecule has 2 heterocycles. The Morgan fingerprint density at radius 2 is 1.52 bits per heavy atom. The van der Waals surface area contributed by atoms with Crippen LogP contribution in [-0.4, -0.2) is 53.3 Å². The van der Waals surface area contributed by atoms with Crippen molar-refractivity contribution in [1.82, 2.24) is 10.4 Å². The molecule has 9 heteroatoms. The fraction of sp³-hybridized carbons (Fsp3) is 0.303. The number of aliphatic hydroxyl groups is 1. The number of nitrogens with one attached hydrogen (secondary N) is 1. The Bertz CT molecular complexity index is 1370.